The molecule has 0 unspecified atom stereocenters. The highest BCUT2D eigenvalue weighted by Crippen LogP contribution is 2.35. The maximum Gasteiger partial charge on any atom is 0.257 e. The van der Waals surface area contributed by atoms with Crippen LogP contribution in [0.15, 0.2) is 18.7 Å². The van der Waals surface area contributed by atoms with E-state index in [0.29, 0.717) is 50.0 Å². The smallest absolute Gasteiger partial charge is 0.257 e. The van der Waals surface area contributed by atoms with E-state index in [4.69, 9.17) is 9.47 Å². The maximum absolute atomic E-state index is 13.4. The fraction of sp³-hybridized carbons (Fsp3) is 0.600. The minimum absolute atomic E-state index is 0.0198. The molecule has 1 heterocycles. The zero-order chi connectivity index (χ0) is 21.9. The Morgan fingerprint density at radius 1 is 1.07 bits per heavy atom. The molecule has 166 valence electrons. The van der Waals surface area contributed by atoms with Crippen molar-refractivity contribution in [2.75, 3.05) is 26.3 Å². The number of allylic oxidation sites excluding steroid dienone is 1. The van der Waals surface area contributed by atoms with Crippen LogP contribution in [-0.4, -0.2) is 43.4 Å². The topological polar surface area (TPSA) is 55.8 Å². The van der Waals surface area contributed by atoms with Crippen LogP contribution in [0.4, 0.5) is 0 Å². The average molecular weight is 416 g/mol. The summed E-state index contributed by atoms with van der Waals surface area (Å²) >= 11 is 0. The number of benzene rings is 1. The number of nitrogens with zero attached hydrogens (tertiary/aromatic N) is 1. The van der Waals surface area contributed by atoms with Gasteiger partial charge in [-0.15, -0.1) is 0 Å². The third-order valence-corrected chi connectivity index (χ3v) is 5.61. The molecule has 0 spiro atoms. The van der Waals surface area contributed by atoms with Crippen molar-refractivity contribution in [2.45, 2.75) is 65.7 Å². The van der Waals surface area contributed by atoms with E-state index in [1.807, 2.05) is 24.0 Å². The van der Waals surface area contributed by atoms with Crippen molar-refractivity contribution in [3.05, 3.63) is 29.8 Å². The standard InChI is InChI=1S/C25H37NO4/c1-5-7-15-29-23-18-24(30-16-8-6-2)22(17-21(23)19(3)4)25(28)26-12-9-20(10-13-26)11-14-27/h14,17-18,20H,3,5-13,15-16H2,1-2,4H3. The maximum atomic E-state index is 13.4. The molecule has 0 saturated carbocycles. The fourth-order valence-electron chi connectivity index (χ4n) is 3.63. The summed E-state index contributed by atoms with van der Waals surface area (Å²) in [7, 11) is 0. The van der Waals surface area contributed by atoms with Gasteiger partial charge >= 0.3 is 0 Å². The van der Waals surface area contributed by atoms with Gasteiger partial charge in [0.25, 0.3) is 5.91 Å². The lowest BCUT2D eigenvalue weighted by molar-refractivity contribution is -0.108. The van der Waals surface area contributed by atoms with Crippen molar-refractivity contribution in [3.8, 4) is 11.5 Å². The van der Waals surface area contributed by atoms with E-state index < -0.39 is 0 Å². The minimum atomic E-state index is -0.0198. The van der Waals surface area contributed by atoms with E-state index in [1.54, 1.807) is 0 Å². The summed E-state index contributed by atoms with van der Waals surface area (Å²) in [5.41, 5.74) is 2.29. The molecule has 0 atom stereocenters. The quantitative estimate of drug-likeness (QED) is 0.333. The van der Waals surface area contributed by atoms with Crippen molar-refractivity contribution < 1.29 is 19.1 Å². The number of piperidine rings is 1. The number of amides is 1. The monoisotopic (exact) mass is 415 g/mol. The normalized spacial score (nSPS) is 14.4. The van der Waals surface area contributed by atoms with Crippen LogP contribution >= 0.6 is 0 Å². The van der Waals surface area contributed by atoms with E-state index in [0.717, 1.165) is 61.7 Å². The Balaban J connectivity index is 2.30. The van der Waals surface area contributed by atoms with Gasteiger partial charge < -0.3 is 19.2 Å². The number of ether oxygens (including phenoxy) is 2. The molecule has 1 saturated heterocycles. The number of likely N-dealkylation sites (tertiary alicyclic amines) is 1. The van der Waals surface area contributed by atoms with Crippen molar-refractivity contribution >= 4 is 17.8 Å². The molecule has 30 heavy (non-hydrogen) atoms. The van der Waals surface area contributed by atoms with Crippen LogP contribution in [0.3, 0.4) is 0 Å². The zero-order valence-electron chi connectivity index (χ0n) is 18.9. The number of hydrogen-bond acceptors (Lipinski definition) is 4. The molecule has 0 N–H and O–H groups in total. The summed E-state index contributed by atoms with van der Waals surface area (Å²) in [4.78, 5) is 26.0. The number of carbonyl (C=O) groups excluding carboxylic acids is 2. The van der Waals surface area contributed by atoms with Gasteiger partial charge in [-0.25, -0.2) is 0 Å². The van der Waals surface area contributed by atoms with Crippen molar-refractivity contribution in [2.24, 2.45) is 5.92 Å². The molecule has 0 aromatic heterocycles. The second-order valence-corrected chi connectivity index (χ2v) is 8.17. The van der Waals surface area contributed by atoms with Crippen molar-refractivity contribution in [1.29, 1.82) is 0 Å². The molecule has 1 aliphatic heterocycles. The van der Waals surface area contributed by atoms with Crippen LogP contribution in [0.1, 0.15) is 81.6 Å². The second kappa shape index (κ2) is 12.4. The molecule has 5 heteroatoms. The van der Waals surface area contributed by atoms with E-state index >= 15 is 0 Å². The van der Waals surface area contributed by atoms with Crippen molar-refractivity contribution in [3.63, 3.8) is 0 Å². The number of carbonyl (C=O) groups is 2. The van der Waals surface area contributed by atoms with Crippen LogP contribution < -0.4 is 9.47 Å². The number of aldehydes is 1. The first-order valence-corrected chi connectivity index (χ1v) is 11.3. The predicted molar refractivity (Wildman–Crippen MR) is 121 cm³/mol. The van der Waals surface area contributed by atoms with Gasteiger partial charge in [-0.1, -0.05) is 33.3 Å². The summed E-state index contributed by atoms with van der Waals surface area (Å²) in [6.45, 7) is 12.8. The summed E-state index contributed by atoms with van der Waals surface area (Å²) in [6, 6.07) is 3.74. The molecule has 5 nitrogen and oxygen atoms in total. The first kappa shape index (κ1) is 24.0. The van der Waals surface area contributed by atoms with Gasteiger partial charge in [-0.3, -0.25) is 4.79 Å². The lowest BCUT2D eigenvalue weighted by Crippen LogP contribution is -2.38. The van der Waals surface area contributed by atoms with E-state index in [1.165, 1.54) is 0 Å². The molecule has 0 radical (unpaired) electrons. The van der Waals surface area contributed by atoms with Crippen molar-refractivity contribution in [1.82, 2.24) is 4.90 Å². The zero-order valence-corrected chi connectivity index (χ0v) is 18.9. The Hall–Kier alpha value is -2.30. The van der Waals surface area contributed by atoms with E-state index in [9.17, 15) is 9.59 Å². The lowest BCUT2D eigenvalue weighted by Gasteiger charge is -2.32. The summed E-state index contributed by atoms with van der Waals surface area (Å²) < 4.78 is 12.0. The third kappa shape index (κ3) is 6.61. The van der Waals surface area contributed by atoms with Gasteiger partial charge in [-0.2, -0.15) is 0 Å². The van der Waals surface area contributed by atoms with Gasteiger partial charge in [0.2, 0.25) is 0 Å². The Morgan fingerprint density at radius 3 is 2.13 bits per heavy atom. The fourth-order valence-corrected chi connectivity index (χ4v) is 3.63. The van der Waals surface area contributed by atoms with Crippen LogP contribution in [0, 0.1) is 5.92 Å². The Morgan fingerprint density at radius 2 is 1.63 bits per heavy atom. The molecule has 1 fully saturated rings. The highest BCUT2D eigenvalue weighted by molar-refractivity contribution is 5.98. The SMILES string of the molecule is C=C(C)c1cc(C(=O)N2CCC(CC=O)CC2)c(OCCCC)cc1OCCCC. The highest BCUT2D eigenvalue weighted by atomic mass is 16.5. The molecule has 2 rings (SSSR count). The summed E-state index contributed by atoms with van der Waals surface area (Å²) in [6.07, 6.45) is 7.27. The third-order valence-electron chi connectivity index (χ3n) is 5.61. The number of hydrogen-bond donors (Lipinski definition) is 0. The van der Waals surface area contributed by atoms with Crippen LogP contribution in [0.2, 0.25) is 0 Å². The Bertz CT molecular complexity index is 720. The van der Waals surface area contributed by atoms with E-state index in [-0.39, 0.29) is 5.91 Å². The van der Waals surface area contributed by atoms with Gasteiger partial charge in [0.15, 0.2) is 0 Å². The number of rotatable bonds is 12. The second-order valence-electron chi connectivity index (χ2n) is 8.17. The lowest BCUT2D eigenvalue weighted by atomic mass is 9.93. The molecule has 1 aliphatic rings. The molecule has 1 amide bonds. The highest BCUT2D eigenvalue weighted by Gasteiger charge is 2.27. The van der Waals surface area contributed by atoms with E-state index in [2.05, 4.69) is 20.4 Å². The van der Waals surface area contributed by atoms with Gasteiger partial charge in [0, 0.05) is 31.1 Å². The van der Waals surface area contributed by atoms with Crippen LogP contribution in [-0.2, 0) is 4.79 Å². The molecular formula is C25H37NO4. The molecule has 1 aromatic carbocycles. The van der Waals surface area contributed by atoms with Crippen LogP contribution in [0.5, 0.6) is 11.5 Å². The largest absolute Gasteiger partial charge is 0.493 e. The Kier molecular flexibility index (Phi) is 9.92. The van der Waals surface area contributed by atoms with Gasteiger partial charge in [0.05, 0.1) is 18.8 Å². The molecule has 0 aliphatic carbocycles. The van der Waals surface area contributed by atoms with Crippen LogP contribution in [0.25, 0.3) is 5.57 Å². The summed E-state index contributed by atoms with van der Waals surface area (Å²) in [5, 5.41) is 0. The first-order valence-electron chi connectivity index (χ1n) is 11.3. The summed E-state index contributed by atoms with van der Waals surface area (Å²) in [5.74, 6) is 1.67. The molecular weight excluding hydrogens is 378 g/mol. The first-order chi connectivity index (χ1) is 14.5. The molecule has 0 bridgehead atoms. The molecule has 1 aromatic rings. The Labute approximate surface area is 181 Å². The average Bonchev–Trinajstić information content (AvgIpc) is 2.74. The predicted octanol–water partition coefficient (Wildman–Crippen LogP) is 5.52. The van der Waals surface area contributed by atoms with Gasteiger partial charge in [-0.05, 0) is 50.2 Å². The van der Waals surface area contributed by atoms with Gasteiger partial charge in [0.1, 0.15) is 17.8 Å². The number of unbranched alkanes of at least 4 members (excludes halogenated alkanes) is 2. The minimum Gasteiger partial charge on any atom is -0.493 e.